The molecule has 0 saturated heterocycles. The van der Waals surface area contributed by atoms with Crippen LogP contribution in [0, 0.1) is 0 Å². The molecule has 0 aromatic rings. The summed E-state index contributed by atoms with van der Waals surface area (Å²) in [5, 5.41) is 8.56. The van der Waals surface area contributed by atoms with Gasteiger partial charge in [0.1, 0.15) is 0 Å². The highest BCUT2D eigenvalue weighted by atomic mass is 16.5. The predicted octanol–water partition coefficient (Wildman–Crippen LogP) is 0.402. The van der Waals surface area contributed by atoms with Gasteiger partial charge in [-0.05, 0) is 0 Å². The molecule has 1 aliphatic rings. The second-order valence-electron chi connectivity index (χ2n) is 2.37. The maximum atomic E-state index is 8.56. The van der Waals surface area contributed by atoms with Gasteiger partial charge < -0.3 is 9.84 Å². The molecule has 0 saturated carbocycles. The van der Waals surface area contributed by atoms with Crippen molar-refractivity contribution in [2.75, 3.05) is 6.61 Å². The second kappa shape index (κ2) is 3.79. The van der Waals surface area contributed by atoms with Crippen molar-refractivity contribution in [1.82, 2.24) is 0 Å². The third-order valence-corrected chi connectivity index (χ3v) is 1.59. The van der Waals surface area contributed by atoms with Gasteiger partial charge in [0.25, 0.3) is 0 Å². The Morgan fingerprint density at radius 1 is 1.60 bits per heavy atom. The number of aliphatic hydroxyl groups excluding tert-OH is 1. The highest BCUT2D eigenvalue weighted by molar-refractivity contribution is 6.36. The molecule has 0 amide bonds. The molecule has 2 atom stereocenters. The van der Waals surface area contributed by atoms with Gasteiger partial charge >= 0.3 is 0 Å². The molecule has 0 bridgehead atoms. The third kappa shape index (κ3) is 1.85. The molecule has 0 aromatic carbocycles. The van der Waals surface area contributed by atoms with Crippen molar-refractivity contribution >= 4 is 7.28 Å². The first-order valence-corrected chi connectivity index (χ1v) is 3.61. The van der Waals surface area contributed by atoms with Crippen molar-refractivity contribution in [2.24, 2.45) is 0 Å². The van der Waals surface area contributed by atoms with E-state index in [0.717, 1.165) is 0 Å². The molecule has 0 aliphatic carbocycles. The molecule has 10 heavy (non-hydrogen) atoms. The molecule has 1 radical (unpaired) electrons. The van der Waals surface area contributed by atoms with Gasteiger partial charge in [-0.3, -0.25) is 0 Å². The van der Waals surface area contributed by atoms with Crippen molar-refractivity contribution in [1.29, 1.82) is 0 Å². The Labute approximate surface area is 62.1 Å². The van der Waals surface area contributed by atoms with E-state index in [2.05, 4.69) is 0 Å². The van der Waals surface area contributed by atoms with E-state index >= 15 is 0 Å². The average molecular weight is 139 g/mol. The van der Waals surface area contributed by atoms with E-state index in [1.54, 1.807) is 0 Å². The minimum absolute atomic E-state index is 0.131. The van der Waals surface area contributed by atoms with Gasteiger partial charge in [0.2, 0.25) is 0 Å². The number of hydrogen-bond donors (Lipinski definition) is 1. The molecule has 0 unspecified atom stereocenters. The van der Waals surface area contributed by atoms with E-state index in [0.29, 0.717) is 6.42 Å². The number of rotatable bonds is 3. The van der Waals surface area contributed by atoms with Crippen LogP contribution >= 0.6 is 0 Å². The van der Waals surface area contributed by atoms with Crippen LogP contribution in [-0.2, 0) is 4.74 Å². The van der Waals surface area contributed by atoms with Crippen LogP contribution < -0.4 is 0 Å². The van der Waals surface area contributed by atoms with E-state index in [-0.39, 0.29) is 18.7 Å². The Morgan fingerprint density at radius 3 is 2.90 bits per heavy atom. The Bertz CT molecular complexity index is 125. The molecular weight excluding hydrogens is 127 g/mol. The van der Waals surface area contributed by atoms with Crippen LogP contribution in [0.15, 0.2) is 12.2 Å². The van der Waals surface area contributed by atoms with Crippen LogP contribution in [0.4, 0.5) is 0 Å². The summed E-state index contributed by atoms with van der Waals surface area (Å²) in [5.74, 6) is 0. The fourth-order valence-corrected chi connectivity index (χ4v) is 1.01. The lowest BCUT2D eigenvalue weighted by molar-refractivity contribution is 0.0818. The lowest BCUT2D eigenvalue weighted by Crippen LogP contribution is -2.17. The summed E-state index contributed by atoms with van der Waals surface area (Å²) in [6.07, 6.45) is 4.85. The largest absolute Gasteiger partial charge is 0.396 e. The first-order valence-electron chi connectivity index (χ1n) is 3.61. The summed E-state index contributed by atoms with van der Waals surface area (Å²) in [7, 11) is 1.99. The van der Waals surface area contributed by atoms with E-state index in [1.165, 1.54) is 0 Å². The molecule has 55 valence electrons. The van der Waals surface area contributed by atoms with Crippen LogP contribution in [0.2, 0.25) is 6.82 Å². The molecule has 0 spiro atoms. The molecule has 0 fully saturated rings. The van der Waals surface area contributed by atoms with Gasteiger partial charge in [0.05, 0.1) is 6.10 Å². The van der Waals surface area contributed by atoms with E-state index < -0.39 is 0 Å². The van der Waals surface area contributed by atoms with Gasteiger partial charge in [-0.15, -0.1) is 0 Å². The normalized spacial score (nSPS) is 31.0. The highest BCUT2D eigenvalue weighted by Crippen LogP contribution is 2.12. The molecule has 1 N–H and O–H groups in total. The highest BCUT2D eigenvalue weighted by Gasteiger charge is 2.16. The summed E-state index contributed by atoms with van der Waals surface area (Å²) in [6, 6.07) is 0.163. The van der Waals surface area contributed by atoms with Crippen LogP contribution in [0.3, 0.4) is 0 Å². The second-order valence-corrected chi connectivity index (χ2v) is 2.37. The lowest BCUT2D eigenvalue weighted by Gasteiger charge is -2.10. The fourth-order valence-electron chi connectivity index (χ4n) is 1.01. The average Bonchev–Trinajstić information content (AvgIpc) is 2.37. The van der Waals surface area contributed by atoms with Gasteiger partial charge in [0, 0.05) is 19.0 Å². The zero-order valence-electron chi connectivity index (χ0n) is 6.16. The van der Waals surface area contributed by atoms with E-state index in [9.17, 15) is 0 Å². The molecule has 1 aliphatic heterocycles. The standard InChI is InChI=1S/C7H12BO2/c1-8-7-3-2-6(10-7)4-5-9/h2-3,6-7,9H,4-5H2,1H3/t6-,7+/m0/s1. The third-order valence-electron chi connectivity index (χ3n) is 1.59. The lowest BCUT2D eigenvalue weighted by atomic mass is 9.75. The van der Waals surface area contributed by atoms with Gasteiger partial charge in [-0.25, -0.2) is 0 Å². The summed E-state index contributed by atoms with van der Waals surface area (Å²) >= 11 is 0. The predicted molar refractivity (Wildman–Crippen MR) is 41.1 cm³/mol. The molecule has 1 heterocycles. The SMILES string of the molecule is C[B][C@H]1C=C[C@@H](CCO)O1. The maximum Gasteiger partial charge on any atom is 0.151 e. The number of ether oxygens (including phenoxy) is 1. The summed E-state index contributed by atoms with van der Waals surface area (Å²) in [4.78, 5) is 0. The Balaban J connectivity index is 2.24. The molecule has 1 rings (SSSR count). The zero-order chi connectivity index (χ0) is 7.40. The molecule has 0 aromatic heterocycles. The van der Waals surface area contributed by atoms with Gasteiger partial charge in [-0.1, -0.05) is 19.0 Å². The maximum absolute atomic E-state index is 8.56. The number of aliphatic hydroxyl groups is 1. The minimum atomic E-state index is 0.131. The van der Waals surface area contributed by atoms with Crippen LogP contribution in [-0.4, -0.2) is 31.1 Å². The van der Waals surface area contributed by atoms with Crippen molar-refractivity contribution < 1.29 is 9.84 Å². The first-order chi connectivity index (χ1) is 4.86. The van der Waals surface area contributed by atoms with Crippen molar-refractivity contribution in [3.05, 3.63) is 12.2 Å². The molecule has 2 nitrogen and oxygen atoms in total. The smallest absolute Gasteiger partial charge is 0.151 e. The number of hydrogen-bond acceptors (Lipinski definition) is 2. The first kappa shape index (κ1) is 7.83. The fraction of sp³-hybridized carbons (Fsp3) is 0.714. The van der Waals surface area contributed by atoms with Crippen LogP contribution in [0.1, 0.15) is 6.42 Å². The van der Waals surface area contributed by atoms with E-state index in [4.69, 9.17) is 9.84 Å². The van der Waals surface area contributed by atoms with Crippen molar-refractivity contribution in [3.8, 4) is 0 Å². The quantitative estimate of drug-likeness (QED) is 0.453. The van der Waals surface area contributed by atoms with Crippen molar-refractivity contribution in [3.63, 3.8) is 0 Å². The summed E-state index contributed by atoms with van der Waals surface area (Å²) < 4.78 is 5.42. The molecule has 3 heteroatoms. The minimum Gasteiger partial charge on any atom is -0.396 e. The van der Waals surface area contributed by atoms with Gasteiger partial charge in [0.15, 0.2) is 7.28 Å². The van der Waals surface area contributed by atoms with Crippen LogP contribution in [0.25, 0.3) is 0 Å². The zero-order valence-corrected chi connectivity index (χ0v) is 6.16. The van der Waals surface area contributed by atoms with Crippen molar-refractivity contribution in [2.45, 2.75) is 25.4 Å². The Hall–Kier alpha value is -0.275. The topological polar surface area (TPSA) is 29.5 Å². The van der Waals surface area contributed by atoms with E-state index in [1.807, 2.05) is 26.3 Å². The summed E-state index contributed by atoms with van der Waals surface area (Å²) in [5.41, 5.74) is 0. The van der Waals surface area contributed by atoms with Crippen LogP contribution in [0.5, 0.6) is 0 Å². The Kier molecular flexibility index (Phi) is 2.96. The molecular formula is C7H12BO2. The monoisotopic (exact) mass is 139 g/mol. The Morgan fingerprint density at radius 2 is 2.40 bits per heavy atom. The van der Waals surface area contributed by atoms with Gasteiger partial charge in [-0.2, -0.15) is 0 Å². The summed E-state index contributed by atoms with van der Waals surface area (Å²) in [6.45, 7) is 2.17.